The monoisotopic (exact) mass is 892 g/mol. The van der Waals surface area contributed by atoms with Crippen molar-refractivity contribution in [1.29, 1.82) is 0 Å². The number of allylic oxidation sites excluding steroid dienone is 3. The Balaban J connectivity index is 0.958. The molecule has 0 saturated carbocycles. The van der Waals surface area contributed by atoms with Crippen molar-refractivity contribution in [3.8, 4) is 17.1 Å². The lowest BCUT2D eigenvalue weighted by Crippen LogP contribution is -2.28. The van der Waals surface area contributed by atoms with Crippen LogP contribution in [0.4, 0.5) is 11.4 Å². The molecule has 4 nitrogen and oxygen atoms in total. The van der Waals surface area contributed by atoms with Crippen molar-refractivity contribution >= 4 is 104 Å². The summed E-state index contributed by atoms with van der Waals surface area (Å²) in [6, 6.07) is 72.7. The first-order chi connectivity index (χ1) is 34.8. The van der Waals surface area contributed by atoms with Crippen LogP contribution in [0.3, 0.4) is 0 Å². The molecule has 13 aromatic rings. The summed E-state index contributed by atoms with van der Waals surface area (Å²) in [6.45, 7) is 0. The second kappa shape index (κ2) is 14.3. The van der Waals surface area contributed by atoms with Crippen LogP contribution in [0.2, 0.25) is 0 Å². The van der Waals surface area contributed by atoms with E-state index in [0.717, 1.165) is 24.2 Å². The lowest BCUT2D eigenvalue weighted by molar-refractivity contribution is 0.748. The standard InChI is InChI=1S/C66H44N4/c1-3-23-51-49(21-1)61-50-22-2-4-24-52(50)66-63(54-26-10-16-32-60(54)70(66)44-39-35-42(36-40-44)68-57-29-13-7-19-47(57)48-20-8-14-30-58(48)68)64(61)62-53-25-9-15-31-59(53)69(65(51)62)43-37-33-41(34-38-43)67-55-27-11-5-17-45(55)46-18-6-12-28-56(46)67/h1-7,9-19,21-40,54,60H,8,20H2. The van der Waals surface area contributed by atoms with Crippen LogP contribution in [0, 0.1) is 0 Å². The maximum atomic E-state index is 2.66. The Morgan fingerprint density at radius 1 is 0.371 bits per heavy atom. The van der Waals surface area contributed by atoms with Crippen LogP contribution >= 0.6 is 0 Å². The lowest BCUT2D eigenvalue weighted by atomic mass is 9.83. The van der Waals surface area contributed by atoms with E-state index in [1.165, 1.54) is 121 Å². The van der Waals surface area contributed by atoms with Gasteiger partial charge in [0.1, 0.15) is 0 Å². The topological polar surface area (TPSA) is 18.0 Å². The summed E-state index contributed by atoms with van der Waals surface area (Å²) in [5.74, 6) is 0.134. The van der Waals surface area contributed by atoms with Crippen LogP contribution in [0.5, 0.6) is 0 Å². The molecule has 1 aliphatic heterocycles. The average molecular weight is 893 g/mol. The minimum Gasteiger partial charge on any atom is -0.333 e. The summed E-state index contributed by atoms with van der Waals surface area (Å²) < 4.78 is 7.42. The predicted octanol–water partition coefficient (Wildman–Crippen LogP) is 17.0. The van der Waals surface area contributed by atoms with Gasteiger partial charge in [-0.2, -0.15) is 0 Å². The highest BCUT2D eigenvalue weighted by molar-refractivity contribution is 6.39. The molecule has 0 radical (unpaired) electrons. The summed E-state index contributed by atoms with van der Waals surface area (Å²) in [6.07, 6.45) is 16.2. The number of para-hydroxylation sites is 4. The van der Waals surface area contributed by atoms with Gasteiger partial charge in [-0.1, -0.05) is 152 Å². The highest BCUT2D eigenvalue weighted by atomic mass is 15.2. The molecule has 10 aromatic carbocycles. The van der Waals surface area contributed by atoms with Gasteiger partial charge in [0.25, 0.3) is 0 Å². The van der Waals surface area contributed by atoms with Gasteiger partial charge in [0, 0.05) is 72.1 Å². The minimum absolute atomic E-state index is 0.103. The zero-order valence-corrected chi connectivity index (χ0v) is 38.3. The van der Waals surface area contributed by atoms with Gasteiger partial charge in [0.05, 0.1) is 39.3 Å². The van der Waals surface area contributed by atoms with Gasteiger partial charge in [-0.05, 0) is 124 Å². The molecular formula is C66H44N4. The van der Waals surface area contributed by atoms with E-state index in [0.29, 0.717) is 0 Å². The second-order valence-corrected chi connectivity index (χ2v) is 19.4. The smallest absolute Gasteiger partial charge is 0.0630 e. The van der Waals surface area contributed by atoms with Crippen molar-refractivity contribution in [1.82, 2.24) is 13.7 Å². The van der Waals surface area contributed by atoms with E-state index in [1.54, 1.807) is 0 Å². The molecule has 0 bridgehead atoms. The fourth-order valence-corrected chi connectivity index (χ4v) is 13.2. The highest BCUT2D eigenvalue weighted by Crippen LogP contribution is 2.57. The Morgan fingerprint density at radius 3 is 1.53 bits per heavy atom. The van der Waals surface area contributed by atoms with E-state index < -0.39 is 0 Å². The Bertz CT molecular complexity index is 4420. The quantitative estimate of drug-likeness (QED) is 0.161. The first-order valence-corrected chi connectivity index (χ1v) is 24.7. The lowest BCUT2D eigenvalue weighted by Gasteiger charge is -2.29. The predicted molar refractivity (Wildman–Crippen MR) is 295 cm³/mol. The number of aromatic nitrogens is 3. The second-order valence-electron chi connectivity index (χ2n) is 19.4. The normalized spacial score (nSPS) is 16.3. The summed E-state index contributed by atoms with van der Waals surface area (Å²) in [7, 11) is 0. The molecule has 3 aliphatic rings. The van der Waals surface area contributed by atoms with Crippen molar-refractivity contribution in [2.45, 2.75) is 24.8 Å². The molecule has 4 heteroatoms. The SMILES string of the molecule is C1=CC2c3c(c4ccccc4c4c5ccccc5c5c(c6ccccc6n5-c5ccc(-n6c7ccccc7c7ccccc76)cc5)c34)N(c3ccc(-n4c5c(c6ccccc64)CCC=C5)cc3)C2C=C1. The fourth-order valence-electron chi connectivity index (χ4n) is 13.2. The Kier molecular flexibility index (Phi) is 7.81. The van der Waals surface area contributed by atoms with Crippen LogP contribution in [0.15, 0.2) is 225 Å². The van der Waals surface area contributed by atoms with Crippen LogP contribution < -0.4 is 4.90 Å². The van der Waals surface area contributed by atoms with Crippen LogP contribution in [-0.2, 0) is 6.42 Å². The first-order valence-electron chi connectivity index (χ1n) is 24.7. The van der Waals surface area contributed by atoms with Crippen LogP contribution in [-0.4, -0.2) is 19.7 Å². The molecule has 2 atom stereocenters. The Labute approximate surface area is 404 Å². The van der Waals surface area contributed by atoms with Gasteiger partial charge in [-0.3, -0.25) is 0 Å². The molecule has 2 aliphatic carbocycles. The molecule has 2 unspecified atom stereocenters. The van der Waals surface area contributed by atoms with Crippen LogP contribution in [0.25, 0.3) is 110 Å². The average Bonchev–Trinajstić information content (AvgIpc) is 4.17. The van der Waals surface area contributed by atoms with Crippen molar-refractivity contribution in [2.75, 3.05) is 4.90 Å². The molecule has 4 heterocycles. The third-order valence-electron chi connectivity index (χ3n) is 16.0. The molecule has 16 rings (SSSR count). The number of fused-ring (bicyclic) bond motifs is 21. The Morgan fingerprint density at radius 2 is 0.857 bits per heavy atom. The number of hydrogen-bond acceptors (Lipinski definition) is 1. The number of hydrogen-bond donors (Lipinski definition) is 0. The van der Waals surface area contributed by atoms with Crippen molar-refractivity contribution < 1.29 is 0 Å². The van der Waals surface area contributed by atoms with E-state index in [9.17, 15) is 0 Å². The maximum absolute atomic E-state index is 2.66. The molecular weight excluding hydrogens is 849 g/mol. The number of aryl methyl sites for hydroxylation is 1. The minimum atomic E-state index is 0.103. The molecule has 0 amide bonds. The van der Waals surface area contributed by atoms with Crippen molar-refractivity contribution in [3.05, 3.63) is 241 Å². The molecule has 0 spiro atoms. The van der Waals surface area contributed by atoms with E-state index in [2.05, 4.69) is 249 Å². The molecule has 328 valence electrons. The van der Waals surface area contributed by atoms with Gasteiger partial charge in [-0.15, -0.1) is 0 Å². The molecule has 0 N–H and O–H groups in total. The van der Waals surface area contributed by atoms with Gasteiger partial charge in [0.2, 0.25) is 0 Å². The third kappa shape index (κ3) is 5.04. The molecule has 3 aromatic heterocycles. The largest absolute Gasteiger partial charge is 0.333 e. The van der Waals surface area contributed by atoms with Gasteiger partial charge in [-0.25, -0.2) is 0 Å². The van der Waals surface area contributed by atoms with E-state index in [4.69, 9.17) is 0 Å². The Hall–Kier alpha value is -8.86. The summed E-state index contributed by atoms with van der Waals surface area (Å²) >= 11 is 0. The first kappa shape index (κ1) is 38.1. The summed E-state index contributed by atoms with van der Waals surface area (Å²) in [5, 5.41) is 14.3. The zero-order chi connectivity index (χ0) is 45.6. The van der Waals surface area contributed by atoms with Gasteiger partial charge < -0.3 is 18.6 Å². The molecule has 0 saturated heterocycles. The van der Waals surface area contributed by atoms with Crippen LogP contribution in [0.1, 0.15) is 29.2 Å². The van der Waals surface area contributed by atoms with Gasteiger partial charge in [0.15, 0.2) is 0 Å². The number of rotatable bonds is 4. The fraction of sp³-hybridized carbons (Fsp3) is 0.0606. The third-order valence-corrected chi connectivity index (χ3v) is 16.0. The molecule has 70 heavy (non-hydrogen) atoms. The zero-order valence-electron chi connectivity index (χ0n) is 38.3. The number of anilines is 2. The highest BCUT2D eigenvalue weighted by Gasteiger charge is 2.41. The number of benzene rings is 10. The maximum Gasteiger partial charge on any atom is 0.0630 e. The van der Waals surface area contributed by atoms with Crippen molar-refractivity contribution in [3.63, 3.8) is 0 Å². The molecule has 0 fully saturated rings. The van der Waals surface area contributed by atoms with E-state index in [-0.39, 0.29) is 12.0 Å². The summed E-state index contributed by atoms with van der Waals surface area (Å²) in [5.41, 5.74) is 16.3. The summed E-state index contributed by atoms with van der Waals surface area (Å²) in [4.78, 5) is 2.66. The van der Waals surface area contributed by atoms with Gasteiger partial charge >= 0.3 is 0 Å². The number of nitrogens with zero attached hydrogens (tertiary/aromatic N) is 4. The van der Waals surface area contributed by atoms with E-state index in [1.807, 2.05) is 0 Å². The van der Waals surface area contributed by atoms with Crippen molar-refractivity contribution in [2.24, 2.45) is 0 Å². The van der Waals surface area contributed by atoms with E-state index >= 15 is 0 Å².